The summed E-state index contributed by atoms with van der Waals surface area (Å²) in [6, 6.07) is 1.27. The predicted molar refractivity (Wildman–Crippen MR) is 42.6 cm³/mol. The van der Waals surface area contributed by atoms with Crippen LogP contribution < -0.4 is 0 Å². The van der Waals surface area contributed by atoms with E-state index in [1.54, 1.807) is 0 Å². The number of hydrogen-bond acceptors (Lipinski definition) is 5. The molecule has 0 unspecified atom stereocenters. The first-order chi connectivity index (χ1) is 6.56. The van der Waals surface area contributed by atoms with Crippen LogP contribution in [0.25, 0.3) is 11.2 Å². The molecule has 0 saturated heterocycles. The fourth-order valence-corrected chi connectivity index (χ4v) is 1.67. The van der Waals surface area contributed by atoms with Crippen LogP contribution in [0.3, 0.4) is 0 Å². The summed E-state index contributed by atoms with van der Waals surface area (Å²) in [4.78, 5) is 0. The van der Waals surface area contributed by atoms with Crippen molar-refractivity contribution in [1.82, 2.24) is 0 Å². The lowest BCUT2D eigenvalue weighted by Crippen LogP contribution is -2.03. The van der Waals surface area contributed by atoms with Gasteiger partial charge in [0.15, 0.2) is 5.82 Å². The molecule has 0 N–H and O–H groups in total. The molecule has 2 aromatic rings. The van der Waals surface area contributed by atoms with Crippen molar-refractivity contribution in [2.75, 3.05) is 7.11 Å². The van der Waals surface area contributed by atoms with Crippen molar-refractivity contribution in [1.29, 1.82) is 0 Å². The molecule has 0 bridgehead atoms. The van der Waals surface area contributed by atoms with Gasteiger partial charge < -0.3 is 8.83 Å². The van der Waals surface area contributed by atoms with E-state index in [0.29, 0.717) is 0 Å². The molecule has 0 saturated carbocycles. The SMILES string of the molecule is COS(=O)(=O)c1oc2occc2c1F. The Kier molecular flexibility index (Phi) is 1.86. The van der Waals surface area contributed by atoms with E-state index in [1.165, 1.54) is 12.3 Å². The molecule has 0 aliphatic rings. The molecule has 14 heavy (non-hydrogen) atoms. The van der Waals surface area contributed by atoms with Crippen LogP contribution in [0.1, 0.15) is 0 Å². The highest BCUT2D eigenvalue weighted by Crippen LogP contribution is 2.28. The molecule has 76 valence electrons. The van der Waals surface area contributed by atoms with Crippen LogP contribution in [-0.4, -0.2) is 15.5 Å². The Labute approximate surface area is 78.2 Å². The highest BCUT2D eigenvalue weighted by Gasteiger charge is 2.27. The Hall–Kier alpha value is -1.34. The smallest absolute Gasteiger partial charge is 0.333 e. The summed E-state index contributed by atoms with van der Waals surface area (Å²) in [5.74, 6) is -1.19. The minimum absolute atomic E-state index is 0.0272. The standard InChI is InChI=1S/C7H5FO5S/c1-11-14(9,10)7-5(8)4-2-3-12-6(4)13-7/h2-3H,1H3. The largest absolute Gasteiger partial charge is 0.433 e. The van der Waals surface area contributed by atoms with Crippen LogP contribution in [0.2, 0.25) is 0 Å². The van der Waals surface area contributed by atoms with E-state index in [2.05, 4.69) is 8.60 Å². The van der Waals surface area contributed by atoms with Crippen LogP contribution in [0.5, 0.6) is 0 Å². The number of halogens is 1. The topological polar surface area (TPSA) is 69.7 Å². The Balaban J connectivity index is 2.76. The van der Waals surface area contributed by atoms with E-state index < -0.39 is 21.0 Å². The zero-order valence-corrected chi connectivity index (χ0v) is 7.80. The van der Waals surface area contributed by atoms with Crippen molar-refractivity contribution in [2.45, 2.75) is 5.09 Å². The molecule has 2 aromatic heterocycles. The van der Waals surface area contributed by atoms with Crippen LogP contribution in [0.15, 0.2) is 26.3 Å². The zero-order valence-electron chi connectivity index (χ0n) is 6.98. The van der Waals surface area contributed by atoms with Gasteiger partial charge in [-0.25, -0.2) is 4.39 Å². The second-order valence-corrected chi connectivity index (χ2v) is 4.06. The van der Waals surface area contributed by atoms with Crippen LogP contribution >= 0.6 is 0 Å². The first-order valence-corrected chi connectivity index (χ1v) is 4.93. The third kappa shape index (κ3) is 1.13. The van der Waals surface area contributed by atoms with Gasteiger partial charge in [0, 0.05) is 0 Å². The molecular weight excluding hydrogens is 215 g/mol. The van der Waals surface area contributed by atoms with Crippen LogP contribution in [0, 0.1) is 5.82 Å². The normalized spacial score (nSPS) is 12.4. The number of furan rings is 2. The van der Waals surface area contributed by atoms with Gasteiger partial charge in [-0.1, -0.05) is 0 Å². The molecule has 2 heterocycles. The molecule has 0 aromatic carbocycles. The average Bonchev–Trinajstić information content (AvgIpc) is 2.69. The second kappa shape index (κ2) is 2.82. The maximum absolute atomic E-state index is 13.3. The van der Waals surface area contributed by atoms with Gasteiger partial charge in [0.25, 0.3) is 5.09 Å². The van der Waals surface area contributed by atoms with Gasteiger partial charge in [0.2, 0.25) is 0 Å². The van der Waals surface area contributed by atoms with Crippen molar-refractivity contribution in [3.8, 4) is 0 Å². The summed E-state index contributed by atoms with van der Waals surface area (Å²) < 4.78 is 48.9. The number of hydrogen-bond donors (Lipinski definition) is 0. The Bertz CT molecular complexity index is 564. The van der Waals surface area contributed by atoms with E-state index in [9.17, 15) is 12.8 Å². The molecule has 0 spiro atoms. The third-order valence-corrected chi connectivity index (χ3v) is 2.83. The average molecular weight is 220 g/mol. The van der Waals surface area contributed by atoms with Crippen LogP contribution in [-0.2, 0) is 14.3 Å². The summed E-state index contributed by atoms with van der Waals surface area (Å²) in [6.07, 6.45) is 1.19. The highest BCUT2D eigenvalue weighted by molar-refractivity contribution is 7.86. The molecule has 0 atom stereocenters. The molecule has 7 heteroatoms. The summed E-state index contributed by atoms with van der Waals surface area (Å²) in [5, 5.41) is -0.894. The van der Waals surface area contributed by atoms with E-state index in [0.717, 1.165) is 7.11 Å². The number of rotatable bonds is 2. The van der Waals surface area contributed by atoms with Crippen LogP contribution in [0.4, 0.5) is 4.39 Å². The van der Waals surface area contributed by atoms with Gasteiger partial charge in [-0.2, -0.15) is 8.42 Å². The van der Waals surface area contributed by atoms with Gasteiger partial charge in [0.05, 0.1) is 18.8 Å². The lowest BCUT2D eigenvalue weighted by molar-refractivity contribution is 0.339. The van der Waals surface area contributed by atoms with E-state index in [-0.39, 0.29) is 11.2 Å². The van der Waals surface area contributed by atoms with Crippen molar-refractivity contribution >= 4 is 21.3 Å². The first kappa shape index (κ1) is 9.22. The molecule has 0 aliphatic carbocycles. The minimum atomic E-state index is -4.16. The summed E-state index contributed by atoms with van der Waals surface area (Å²) in [6.45, 7) is 0. The minimum Gasteiger partial charge on any atom is -0.433 e. The van der Waals surface area contributed by atoms with Gasteiger partial charge in [-0.3, -0.25) is 4.18 Å². The molecule has 5 nitrogen and oxygen atoms in total. The van der Waals surface area contributed by atoms with Gasteiger partial charge in [0.1, 0.15) is 0 Å². The number of fused-ring (bicyclic) bond motifs is 1. The van der Waals surface area contributed by atoms with Gasteiger partial charge in [-0.05, 0) is 6.07 Å². The van der Waals surface area contributed by atoms with Gasteiger partial charge in [-0.15, -0.1) is 0 Å². The maximum Gasteiger partial charge on any atom is 0.333 e. The molecule has 0 amide bonds. The third-order valence-electron chi connectivity index (χ3n) is 1.68. The molecule has 0 aliphatic heterocycles. The zero-order chi connectivity index (χ0) is 10.3. The molecule has 0 radical (unpaired) electrons. The lowest BCUT2D eigenvalue weighted by atomic mass is 10.4. The van der Waals surface area contributed by atoms with E-state index in [4.69, 9.17) is 4.42 Å². The Morgan fingerprint density at radius 2 is 2.21 bits per heavy atom. The molecular formula is C7H5FO5S. The van der Waals surface area contributed by atoms with Crippen molar-refractivity contribution in [3.63, 3.8) is 0 Å². The fraction of sp³-hybridized carbons (Fsp3) is 0.143. The van der Waals surface area contributed by atoms with Crippen molar-refractivity contribution in [2.24, 2.45) is 0 Å². The Morgan fingerprint density at radius 3 is 2.79 bits per heavy atom. The quantitative estimate of drug-likeness (QED) is 0.717. The summed E-state index contributed by atoms with van der Waals surface area (Å²) in [5.41, 5.74) is 0. The van der Waals surface area contributed by atoms with Crippen molar-refractivity contribution < 1.29 is 25.8 Å². The lowest BCUT2D eigenvalue weighted by Gasteiger charge is -1.94. The van der Waals surface area contributed by atoms with Gasteiger partial charge >= 0.3 is 15.9 Å². The van der Waals surface area contributed by atoms with E-state index >= 15 is 0 Å². The predicted octanol–water partition coefficient (Wildman–Crippen LogP) is 1.50. The molecule has 0 fully saturated rings. The first-order valence-electron chi connectivity index (χ1n) is 3.52. The van der Waals surface area contributed by atoms with Crippen molar-refractivity contribution in [3.05, 3.63) is 18.1 Å². The van der Waals surface area contributed by atoms with E-state index in [1.807, 2.05) is 0 Å². The maximum atomic E-state index is 13.3. The second-order valence-electron chi connectivity index (χ2n) is 2.45. The highest BCUT2D eigenvalue weighted by atomic mass is 32.2. The summed E-state index contributed by atoms with van der Waals surface area (Å²) >= 11 is 0. The Morgan fingerprint density at radius 1 is 1.50 bits per heavy atom. The summed E-state index contributed by atoms with van der Waals surface area (Å²) in [7, 11) is -3.25. The monoisotopic (exact) mass is 220 g/mol. The fourth-order valence-electron chi connectivity index (χ4n) is 1.01. The molecule has 2 rings (SSSR count).